The van der Waals surface area contributed by atoms with E-state index >= 15 is 0 Å². The summed E-state index contributed by atoms with van der Waals surface area (Å²) in [5.41, 5.74) is 3.97. The van der Waals surface area contributed by atoms with Crippen LogP contribution in [-0.4, -0.2) is 25.1 Å². The maximum Gasteiger partial charge on any atom is 0.0459 e. The average molecular weight is 229 g/mol. The quantitative estimate of drug-likeness (QED) is 0.753. The van der Waals surface area contributed by atoms with Crippen LogP contribution in [0.3, 0.4) is 0 Å². The third-order valence-corrected chi connectivity index (χ3v) is 3.85. The number of hydrogen-bond donors (Lipinski definition) is 3. The zero-order valence-electron chi connectivity index (χ0n) is 10.4. The molecular weight excluding hydrogens is 210 g/mol. The Kier molecular flexibility index (Phi) is 2.65. The van der Waals surface area contributed by atoms with Gasteiger partial charge in [-0.05, 0) is 25.6 Å². The summed E-state index contributed by atoms with van der Waals surface area (Å²) in [4.78, 5) is 3.48. The number of aromatic nitrogens is 1. The van der Waals surface area contributed by atoms with Crippen molar-refractivity contribution in [2.45, 2.75) is 13.0 Å². The molecule has 1 unspecified atom stereocenters. The van der Waals surface area contributed by atoms with Gasteiger partial charge in [-0.2, -0.15) is 0 Å². The van der Waals surface area contributed by atoms with Gasteiger partial charge in [-0.15, -0.1) is 0 Å². The van der Waals surface area contributed by atoms with E-state index in [4.69, 9.17) is 0 Å². The van der Waals surface area contributed by atoms with Crippen molar-refractivity contribution in [2.24, 2.45) is 5.92 Å². The van der Waals surface area contributed by atoms with Crippen LogP contribution in [0.5, 0.6) is 0 Å². The number of para-hydroxylation sites is 1. The molecule has 0 aliphatic carbocycles. The fraction of sp³-hybridized carbons (Fsp3) is 0.429. The van der Waals surface area contributed by atoms with Crippen LogP contribution in [0.4, 0.5) is 0 Å². The standard InChI is InChI=1S/C14H19N3/c1-9-13(14(15-2)10-7-16-8-10)11-5-3-4-6-12(11)17-9/h3-6,10,14-17H,7-8H2,1-2H3. The Morgan fingerprint density at radius 2 is 2.06 bits per heavy atom. The monoisotopic (exact) mass is 229 g/mol. The van der Waals surface area contributed by atoms with Crippen LogP contribution in [0.25, 0.3) is 10.9 Å². The summed E-state index contributed by atoms with van der Waals surface area (Å²) in [6, 6.07) is 9.02. The minimum atomic E-state index is 0.451. The van der Waals surface area contributed by atoms with Crippen molar-refractivity contribution >= 4 is 10.9 Å². The molecule has 1 aromatic heterocycles. The van der Waals surface area contributed by atoms with Gasteiger partial charge in [0, 0.05) is 41.6 Å². The average Bonchev–Trinajstić information content (AvgIpc) is 2.59. The summed E-state index contributed by atoms with van der Waals surface area (Å²) < 4.78 is 0. The van der Waals surface area contributed by atoms with E-state index in [9.17, 15) is 0 Å². The number of rotatable bonds is 3. The first-order chi connectivity index (χ1) is 8.31. The summed E-state index contributed by atoms with van der Waals surface area (Å²) in [6.45, 7) is 4.40. The van der Waals surface area contributed by atoms with Crippen molar-refractivity contribution in [1.82, 2.24) is 15.6 Å². The van der Waals surface area contributed by atoms with Crippen LogP contribution < -0.4 is 10.6 Å². The number of H-pyrrole nitrogens is 1. The Bertz CT molecular complexity index is 525. The van der Waals surface area contributed by atoms with Gasteiger partial charge in [-0.3, -0.25) is 0 Å². The Hall–Kier alpha value is -1.32. The van der Waals surface area contributed by atoms with Crippen molar-refractivity contribution in [3.63, 3.8) is 0 Å². The smallest absolute Gasteiger partial charge is 0.0459 e. The minimum Gasteiger partial charge on any atom is -0.358 e. The van der Waals surface area contributed by atoms with Gasteiger partial charge in [0.15, 0.2) is 0 Å². The third kappa shape index (κ3) is 1.66. The Labute approximate surface area is 102 Å². The minimum absolute atomic E-state index is 0.451. The van der Waals surface area contributed by atoms with E-state index in [0.717, 1.165) is 13.1 Å². The Morgan fingerprint density at radius 1 is 1.29 bits per heavy atom. The first-order valence-corrected chi connectivity index (χ1v) is 6.26. The van der Waals surface area contributed by atoms with Crippen molar-refractivity contribution in [1.29, 1.82) is 0 Å². The second-order valence-electron chi connectivity index (χ2n) is 4.89. The SMILES string of the molecule is CNC(c1c(C)[nH]c2ccccc12)C1CNC1. The first-order valence-electron chi connectivity index (χ1n) is 6.26. The molecule has 2 heterocycles. The topological polar surface area (TPSA) is 39.9 Å². The van der Waals surface area contributed by atoms with Crippen molar-refractivity contribution < 1.29 is 0 Å². The highest BCUT2D eigenvalue weighted by Gasteiger charge is 2.29. The van der Waals surface area contributed by atoms with Gasteiger partial charge in [0.05, 0.1) is 0 Å². The maximum absolute atomic E-state index is 3.48. The number of benzene rings is 1. The molecule has 0 spiro atoms. The van der Waals surface area contributed by atoms with Gasteiger partial charge in [0.1, 0.15) is 0 Å². The van der Waals surface area contributed by atoms with Crippen LogP contribution >= 0.6 is 0 Å². The van der Waals surface area contributed by atoms with E-state index in [1.807, 2.05) is 0 Å². The summed E-state index contributed by atoms with van der Waals surface area (Å²) in [7, 11) is 2.06. The van der Waals surface area contributed by atoms with E-state index in [1.54, 1.807) is 0 Å². The van der Waals surface area contributed by atoms with Crippen LogP contribution in [0.2, 0.25) is 0 Å². The van der Waals surface area contributed by atoms with Crippen LogP contribution in [-0.2, 0) is 0 Å². The Balaban J connectivity index is 2.10. The lowest BCUT2D eigenvalue weighted by molar-refractivity contribution is 0.268. The first kappa shape index (κ1) is 10.8. The molecule has 1 aliphatic rings. The number of nitrogens with one attached hydrogen (secondary N) is 3. The van der Waals surface area contributed by atoms with Crippen molar-refractivity contribution in [2.75, 3.05) is 20.1 Å². The number of hydrogen-bond acceptors (Lipinski definition) is 2. The lowest BCUT2D eigenvalue weighted by Crippen LogP contribution is -2.48. The summed E-state index contributed by atoms with van der Waals surface area (Å²) in [5, 5.41) is 8.19. The lowest BCUT2D eigenvalue weighted by Gasteiger charge is -2.35. The van der Waals surface area contributed by atoms with E-state index < -0.39 is 0 Å². The molecule has 3 rings (SSSR count). The van der Waals surface area contributed by atoms with Crippen LogP contribution in [0.15, 0.2) is 24.3 Å². The highest BCUT2D eigenvalue weighted by Crippen LogP contribution is 2.33. The van der Waals surface area contributed by atoms with Gasteiger partial charge in [-0.25, -0.2) is 0 Å². The molecule has 0 bridgehead atoms. The molecule has 3 N–H and O–H groups in total. The summed E-state index contributed by atoms with van der Waals surface area (Å²) >= 11 is 0. The molecule has 17 heavy (non-hydrogen) atoms. The maximum atomic E-state index is 3.48. The second kappa shape index (κ2) is 4.17. The molecule has 1 aromatic carbocycles. The van der Waals surface area contributed by atoms with E-state index in [2.05, 4.69) is 53.9 Å². The Morgan fingerprint density at radius 3 is 2.71 bits per heavy atom. The van der Waals surface area contributed by atoms with E-state index in [0.29, 0.717) is 12.0 Å². The molecule has 3 heteroatoms. The molecule has 90 valence electrons. The summed E-state index contributed by atoms with van der Waals surface area (Å²) in [5.74, 6) is 0.706. The molecule has 1 atom stereocenters. The van der Waals surface area contributed by atoms with Crippen molar-refractivity contribution in [3.8, 4) is 0 Å². The molecule has 0 amide bonds. The van der Waals surface area contributed by atoms with Gasteiger partial charge < -0.3 is 15.6 Å². The van der Waals surface area contributed by atoms with Gasteiger partial charge >= 0.3 is 0 Å². The molecule has 1 aliphatic heterocycles. The fourth-order valence-corrected chi connectivity index (χ4v) is 2.86. The molecule has 2 aromatic rings. The van der Waals surface area contributed by atoms with Crippen LogP contribution in [0, 0.1) is 12.8 Å². The molecular formula is C14H19N3. The molecule has 1 saturated heterocycles. The molecule has 0 radical (unpaired) electrons. The van der Waals surface area contributed by atoms with Crippen LogP contribution in [0.1, 0.15) is 17.3 Å². The third-order valence-electron chi connectivity index (χ3n) is 3.85. The van der Waals surface area contributed by atoms with E-state index in [1.165, 1.54) is 22.2 Å². The highest BCUT2D eigenvalue weighted by molar-refractivity contribution is 5.85. The second-order valence-corrected chi connectivity index (χ2v) is 4.89. The van der Waals surface area contributed by atoms with E-state index in [-0.39, 0.29) is 0 Å². The molecule has 1 fully saturated rings. The predicted octanol–water partition coefficient (Wildman–Crippen LogP) is 1.96. The zero-order valence-corrected chi connectivity index (χ0v) is 10.4. The van der Waals surface area contributed by atoms with Gasteiger partial charge in [0.25, 0.3) is 0 Å². The van der Waals surface area contributed by atoms with Crippen molar-refractivity contribution in [3.05, 3.63) is 35.5 Å². The normalized spacial score (nSPS) is 18.2. The molecule has 0 saturated carbocycles. The highest BCUT2D eigenvalue weighted by atomic mass is 15.0. The predicted molar refractivity (Wildman–Crippen MR) is 71.2 cm³/mol. The number of fused-ring (bicyclic) bond motifs is 1. The lowest BCUT2D eigenvalue weighted by atomic mass is 9.87. The molecule has 3 nitrogen and oxygen atoms in total. The number of aromatic amines is 1. The summed E-state index contributed by atoms with van der Waals surface area (Å²) in [6.07, 6.45) is 0. The van der Waals surface area contributed by atoms with Gasteiger partial charge in [0.2, 0.25) is 0 Å². The number of aryl methyl sites for hydroxylation is 1. The van der Waals surface area contributed by atoms with Gasteiger partial charge in [-0.1, -0.05) is 18.2 Å². The fourth-order valence-electron chi connectivity index (χ4n) is 2.86. The zero-order chi connectivity index (χ0) is 11.8. The largest absolute Gasteiger partial charge is 0.358 e.